The van der Waals surface area contributed by atoms with Crippen molar-refractivity contribution >= 4 is 11.5 Å². The van der Waals surface area contributed by atoms with Gasteiger partial charge >= 0.3 is 5.97 Å². The number of rotatable bonds is 2. The van der Waals surface area contributed by atoms with Gasteiger partial charge in [0.25, 0.3) is 0 Å². The lowest BCUT2D eigenvalue weighted by Gasteiger charge is -2.11. The molecule has 0 radical (unpaired) electrons. The quantitative estimate of drug-likeness (QED) is 0.825. The summed E-state index contributed by atoms with van der Waals surface area (Å²) in [6, 6.07) is 18.3. The average Bonchev–Trinajstić information content (AvgIpc) is 2.78. The summed E-state index contributed by atoms with van der Waals surface area (Å²) in [5, 5.41) is 8.98. The second kappa shape index (κ2) is 4.73. The molecular formula is C17H14O2. The van der Waals surface area contributed by atoms with Crippen molar-refractivity contribution in [2.75, 3.05) is 0 Å². The maximum absolute atomic E-state index is 10.9. The summed E-state index contributed by atoms with van der Waals surface area (Å²) in [4.78, 5) is 10.9. The molecule has 19 heavy (non-hydrogen) atoms. The van der Waals surface area contributed by atoms with Gasteiger partial charge in [-0.3, -0.25) is 0 Å². The molecule has 2 heteroatoms. The molecule has 1 unspecified atom stereocenters. The van der Waals surface area contributed by atoms with E-state index in [0.717, 1.165) is 17.6 Å². The van der Waals surface area contributed by atoms with E-state index in [1.54, 1.807) is 0 Å². The van der Waals surface area contributed by atoms with E-state index in [0.29, 0.717) is 0 Å². The molecule has 3 rings (SSSR count). The summed E-state index contributed by atoms with van der Waals surface area (Å²) >= 11 is 0. The maximum Gasteiger partial charge on any atom is 0.328 e. The van der Waals surface area contributed by atoms with Gasteiger partial charge in [0.2, 0.25) is 0 Å². The van der Waals surface area contributed by atoms with Gasteiger partial charge in [-0.25, -0.2) is 4.79 Å². The normalized spacial score (nSPS) is 19.4. The fourth-order valence-corrected chi connectivity index (χ4v) is 2.80. The van der Waals surface area contributed by atoms with Gasteiger partial charge in [0, 0.05) is 12.0 Å². The molecule has 2 aromatic carbocycles. The Hall–Kier alpha value is -2.35. The topological polar surface area (TPSA) is 37.3 Å². The molecule has 1 aliphatic carbocycles. The van der Waals surface area contributed by atoms with Gasteiger partial charge in [0.05, 0.1) is 0 Å². The molecule has 0 aromatic heterocycles. The van der Waals surface area contributed by atoms with Crippen LogP contribution in [0, 0.1) is 0 Å². The number of hydrogen-bond donors (Lipinski definition) is 1. The Bertz CT molecular complexity index is 641. The lowest BCUT2D eigenvalue weighted by molar-refractivity contribution is -0.131. The largest absolute Gasteiger partial charge is 0.478 e. The molecule has 1 atom stereocenters. The SMILES string of the molecule is O=C(O)/C=C1/CC(c2ccccc2)c2ccccc21. The highest BCUT2D eigenvalue weighted by atomic mass is 16.4. The van der Waals surface area contributed by atoms with Crippen molar-refractivity contribution in [1.82, 2.24) is 0 Å². The van der Waals surface area contributed by atoms with E-state index in [-0.39, 0.29) is 5.92 Å². The zero-order valence-electron chi connectivity index (χ0n) is 10.4. The van der Waals surface area contributed by atoms with Crippen LogP contribution in [0.1, 0.15) is 29.0 Å². The third kappa shape index (κ3) is 2.17. The summed E-state index contributed by atoms with van der Waals surface area (Å²) in [5.41, 5.74) is 4.45. The van der Waals surface area contributed by atoms with Crippen LogP contribution in [0.25, 0.3) is 5.57 Å². The van der Waals surface area contributed by atoms with Gasteiger partial charge in [0.15, 0.2) is 0 Å². The molecule has 1 aliphatic rings. The second-order valence-electron chi connectivity index (χ2n) is 4.76. The van der Waals surface area contributed by atoms with Crippen LogP contribution < -0.4 is 0 Å². The van der Waals surface area contributed by atoms with Crippen LogP contribution in [-0.2, 0) is 4.79 Å². The predicted octanol–water partition coefficient (Wildman–Crippen LogP) is 3.69. The van der Waals surface area contributed by atoms with Crippen molar-refractivity contribution in [2.24, 2.45) is 0 Å². The van der Waals surface area contributed by atoms with E-state index in [2.05, 4.69) is 18.2 Å². The number of aliphatic carboxylic acids is 1. The van der Waals surface area contributed by atoms with Crippen molar-refractivity contribution in [2.45, 2.75) is 12.3 Å². The summed E-state index contributed by atoms with van der Waals surface area (Å²) in [7, 11) is 0. The fourth-order valence-electron chi connectivity index (χ4n) is 2.80. The van der Waals surface area contributed by atoms with Crippen LogP contribution in [0.5, 0.6) is 0 Å². The van der Waals surface area contributed by atoms with E-state index in [4.69, 9.17) is 5.11 Å². The first-order valence-electron chi connectivity index (χ1n) is 6.33. The zero-order valence-corrected chi connectivity index (χ0v) is 10.4. The second-order valence-corrected chi connectivity index (χ2v) is 4.76. The number of allylic oxidation sites excluding steroid dienone is 1. The van der Waals surface area contributed by atoms with Crippen molar-refractivity contribution in [3.8, 4) is 0 Å². The van der Waals surface area contributed by atoms with E-state index < -0.39 is 5.97 Å². The van der Waals surface area contributed by atoms with Crippen LogP contribution in [0.4, 0.5) is 0 Å². The fraction of sp³-hybridized carbons (Fsp3) is 0.118. The summed E-state index contributed by atoms with van der Waals surface area (Å²) in [5.74, 6) is -0.610. The monoisotopic (exact) mass is 250 g/mol. The van der Waals surface area contributed by atoms with E-state index in [1.807, 2.05) is 36.4 Å². The van der Waals surface area contributed by atoms with E-state index in [9.17, 15) is 4.79 Å². The van der Waals surface area contributed by atoms with Gasteiger partial charge in [0.1, 0.15) is 0 Å². The number of carboxylic acids is 1. The number of carbonyl (C=O) groups is 1. The molecule has 0 saturated carbocycles. The first kappa shape index (κ1) is 11.7. The molecule has 1 N–H and O–H groups in total. The van der Waals surface area contributed by atoms with Gasteiger partial charge in [-0.15, -0.1) is 0 Å². The first-order chi connectivity index (χ1) is 9.25. The van der Waals surface area contributed by atoms with Crippen LogP contribution in [0.3, 0.4) is 0 Å². The molecule has 2 nitrogen and oxygen atoms in total. The van der Waals surface area contributed by atoms with E-state index >= 15 is 0 Å². The number of hydrogen-bond acceptors (Lipinski definition) is 1. The van der Waals surface area contributed by atoms with Gasteiger partial charge in [-0.2, -0.15) is 0 Å². The molecule has 0 bridgehead atoms. The van der Waals surface area contributed by atoms with Gasteiger partial charge in [-0.05, 0) is 28.7 Å². The van der Waals surface area contributed by atoms with Gasteiger partial charge in [-0.1, -0.05) is 54.6 Å². The molecule has 0 heterocycles. The maximum atomic E-state index is 10.9. The zero-order chi connectivity index (χ0) is 13.2. The molecule has 2 aromatic rings. The minimum absolute atomic E-state index is 0.267. The molecule has 94 valence electrons. The molecule has 0 saturated heterocycles. The Morgan fingerprint density at radius 3 is 2.47 bits per heavy atom. The molecule has 0 amide bonds. The predicted molar refractivity (Wildman–Crippen MR) is 75.0 cm³/mol. The Morgan fingerprint density at radius 1 is 1.05 bits per heavy atom. The Labute approximate surface area is 112 Å². The number of fused-ring (bicyclic) bond motifs is 1. The van der Waals surface area contributed by atoms with E-state index in [1.165, 1.54) is 17.2 Å². The highest BCUT2D eigenvalue weighted by Crippen LogP contribution is 2.44. The van der Waals surface area contributed by atoms with Crippen LogP contribution in [0.15, 0.2) is 60.7 Å². The Balaban J connectivity index is 2.09. The van der Waals surface area contributed by atoms with Crippen molar-refractivity contribution in [1.29, 1.82) is 0 Å². The smallest absolute Gasteiger partial charge is 0.328 e. The molecule has 0 fully saturated rings. The highest BCUT2D eigenvalue weighted by Gasteiger charge is 2.27. The van der Waals surface area contributed by atoms with Crippen LogP contribution >= 0.6 is 0 Å². The minimum Gasteiger partial charge on any atom is -0.478 e. The summed E-state index contributed by atoms with van der Waals surface area (Å²) < 4.78 is 0. The lowest BCUT2D eigenvalue weighted by atomic mass is 9.93. The molecular weight excluding hydrogens is 236 g/mol. The third-order valence-corrected chi connectivity index (χ3v) is 3.61. The Morgan fingerprint density at radius 2 is 1.74 bits per heavy atom. The lowest BCUT2D eigenvalue weighted by Crippen LogP contribution is -1.95. The molecule has 0 spiro atoms. The van der Waals surface area contributed by atoms with Crippen molar-refractivity contribution < 1.29 is 9.90 Å². The number of carboxylic acid groups (broad SMARTS) is 1. The van der Waals surface area contributed by atoms with Crippen molar-refractivity contribution in [3.05, 3.63) is 77.4 Å². The summed E-state index contributed by atoms with van der Waals surface area (Å²) in [6.45, 7) is 0. The summed E-state index contributed by atoms with van der Waals surface area (Å²) in [6.07, 6.45) is 2.09. The average molecular weight is 250 g/mol. The third-order valence-electron chi connectivity index (χ3n) is 3.61. The van der Waals surface area contributed by atoms with Crippen LogP contribution in [-0.4, -0.2) is 11.1 Å². The molecule has 0 aliphatic heterocycles. The first-order valence-corrected chi connectivity index (χ1v) is 6.33. The van der Waals surface area contributed by atoms with Gasteiger partial charge < -0.3 is 5.11 Å². The number of benzene rings is 2. The van der Waals surface area contributed by atoms with Crippen molar-refractivity contribution in [3.63, 3.8) is 0 Å². The van der Waals surface area contributed by atoms with Crippen LogP contribution in [0.2, 0.25) is 0 Å². The Kier molecular flexibility index (Phi) is 2.92. The minimum atomic E-state index is -0.876. The standard InChI is InChI=1S/C17H14O2/c18-17(19)11-13-10-16(12-6-2-1-3-7-12)15-9-5-4-8-14(13)15/h1-9,11,16H,10H2,(H,18,19)/b13-11-. The highest BCUT2D eigenvalue weighted by molar-refractivity contribution is 5.92.